The Kier molecular flexibility index (Phi) is 5.79. The minimum atomic E-state index is -0.423. The molecule has 0 radical (unpaired) electrons. The number of halogens is 1. The molecule has 29 heavy (non-hydrogen) atoms. The first kappa shape index (κ1) is 19.4. The summed E-state index contributed by atoms with van der Waals surface area (Å²) in [6, 6.07) is 13.2. The predicted octanol–water partition coefficient (Wildman–Crippen LogP) is 4.27. The number of aromatic nitrogens is 3. The summed E-state index contributed by atoms with van der Waals surface area (Å²) in [5.74, 6) is -0.997. The maximum atomic E-state index is 13.1. The molecule has 0 atom stereocenters. The van der Waals surface area contributed by atoms with Crippen LogP contribution in [-0.2, 0) is 4.79 Å². The molecule has 0 bridgehead atoms. The largest absolute Gasteiger partial charge is 0.325 e. The average Bonchev–Trinajstić information content (AvgIpc) is 3.33. The van der Waals surface area contributed by atoms with Gasteiger partial charge >= 0.3 is 0 Å². The van der Waals surface area contributed by atoms with Crippen LogP contribution in [0.2, 0.25) is 0 Å². The van der Waals surface area contributed by atoms with Crippen molar-refractivity contribution in [3.63, 3.8) is 0 Å². The second-order valence-electron chi connectivity index (χ2n) is 5.66. The Balaban J connectivity index is 1.32. The highest BCUT2D eigenvalue weighted by molar-refractivity contribution is 8.01. The van der Waals surface area contributed by atoms with Crippen molar-refractivity contribution in [2.24, 2.45) is 0 Å². The Morgan fingerprint density at radius 3 is 2.72 bits per heavy atom. The third-order valence-electron chi connectivity index (χ3n) is 3.55. The predicted molar refractivity (Wildman–Crippen MR) is 113 cm³/mol. The minimum Gasteiger partial charge on any atom is -0.325 e. The number of amides is 2. The SMILES string of the molecule is O=C(CSc1nnc(NC(=O)c2nc3ccccc3s2)s1)Nc1cccc(F)c1. The van der Waals surface area contributed by atoms with Crippen molar-refractivity contribution >= 4 is 67.3 Å². The van der Waals surface area contributed by atoms with Gasteiger partial charge in [-0.05, 0) is 30.3 Å². The Bertz CT molecular complexity index is 1160. The number of hydrogen-bond acceptors (Lipinski definition) is 8. The number of nitrogens with one attached hydrogen (secondary N) is 2. The van der Waals surface area contributed by atoms with Crippen LogP contribution in [-0.4, -0.2) is 32.7 Å². The summed E-state index contributed by atoms with van der Waals surface area (Å²) in [4.78, 5) is 28.6. The van der Waals surface area contributed by atoms with Crippen LogP contribution in [0.4, 0.5) is 15.2 Å². The van der Waals surface area contributed by atoms with Gasteiger partial charge in [-0.2, -0.15) is 0 Å². The summed E-state index contributed by atoms with van der Waals surface area (Å²) in [5.41, 5.74) is 1.15. The van der Waals surface area contributed by atoms with Crippen molar-refractivity contribution in [3.05, 3.63) is 59.4 Å². The highest BCUT2D eigenvalue weighted by Gasteiger charge is 2.15. The standard InChI is InChI=1S/C18H12FN5O2S3/c19-10-4-3-5-11(8-10)20-14(25)9-27-18-24-23-17(29-18)22-15(26)16-21-12-6-1-2-7-13(12)28-16/h1-8H,9H2,(H,20,25)(H,22,23,26). The summed E-state index contributed by atoms with van der Waals surface area (Å²) in [5, 5.41) is 13.8. The molecule has 2 aromatic heterocycles. The summed E-state index contributed by atoms with van der Waals surface area (Å²) in [6.07, 6.45) is 0. The van der Waals surface area contributed by atoms with E-state index in [1.54, 1.807) is 6.07 Å². The smallest absolute Gasteiger partial charge is 0.286 e. The maximum absolute atomic E-state index is 13.1. The van der Waals surface area contributed by atoms with E-state index < -0.39 is 5.82 Å². The Hall–Kier alpha value is -2.89. The van der Waals surface area contributed by atoms with Crippen LogP contribution < -0.4 is 10.6 Å². The van der Waals surface area contributed by atoms with Crippen molar-refractivity contribution in [1.29, 1.82) is 0 Å². The zero-order valence-electron chi connectivity index (χ0n) is 14.6. The number of thioether (sulfide) groups is 1. The van der Waals surface area contributed by atoms with Gasteiger partial charge in [0.05, 0.1) is 16.0 Å². The molecule has 2 heterocycles. The second kappa shape index (κ2) is 8.64. The third-order valence-corrected chi connectivity index (χ3v) is 6.56. The van der Waals surface area contributed by atoms with Crippen molar-refractivity contribution in [2.75, 3.05) is 16.4 Å². The number of nitrogens with zero attached hydrogens (tertiary/aromatic N) is 3. The van der Waals surface area contributed by atoms with Gasteiger partial charge in [-0.1, -0.05) is 41.3 Å². The highest BCUT2D eigenvalue weighted by atomic mass is 32.2. The molecule has 2 aromatic carbocycles. The van der Waals surface area contributed by atoms with E-state index in [1.807, 2.05) is 24.3 Å². The van der Waals surface area contributed by atoms with Gasteiger partial charge in [0.1, 0.15) is 5.82 Å². The molecule has 146 valence electrons. The van der Waals surface area contributed by atoms with Crippen LogP contribution >= 0.6 is 34.4 Å². The van der Waals surface area contributed by atoms with E-state index in [2.05, 4.69) is 25.8 Å². The Morgan fingerprint density at radius 2 is 1.90 bits per heavy atom. The molecule has 7 nitrogen and oxygen atoms in total. The number of carbonyl (C=O) groups is 2. The molecule has 2 amide bonds. The molecule has 0 aliphatic heterocycles. The van der Waals surface area contributed by atoms with Crippen LogP contribution in [0.1, 0.15) is 9.80 Å². The van der Waals surface area contributed by atoms with Gasteiger partial charge < -0.3 is 5.32 Å². The lowest BCUT2D eigenvalue weighted by Crippen LogP contribution is -2.13. The van der Waals surface area contributed by atoms with Gasteiger partial charge in [0.25, 0.3) is 5.91 Å². The summed E-state index contributed by atoms with van der Waals surface area (Å²) < 4.78 is 14.6. The van der Waals surface area contributed by atoms with E-state index >= 15 is 0 Å². The monoisotopic (exact) mass is 445 g/mol. The number of para-hydroxylation sites is 1. The number of carbonyl (C=O) groups excluding carboxylic acids is 2. The molecule has 2 N–H and O–H groups in total. The molecular formula is C18H12FN5O2S3. The second-order valence-corrected chi connectivity index (χ2v) is 8.89. The topological polar surface area (TPSA) is 96.9 Å². The average molecular weight is 446 g/mol. The van der Waals surface area contributed by atoms with Gasteiger partial charge in [0.2, 0.25) is 11.0 Å². The molecule has 0 saturated carbocycles. The number of rotatable bonds is 6. The first-order valence-electron chi connectivity index (χ1n) is 8.25. The van der Waals surface area contributed by atoms with Crippen molar-refractivity contribution in [3.8, 4) is 0 Å². The Morgan fingerprint density at radius 1 is 1.03 bits per heavy atom. The fourth-order valence-corrected chi connectivity index (χ4v) is 4.74. The first-order valence-corrected chi connectivity index (χ1v) is 10.9. The number of anilines is 2. The normalized spacial score (nSPS) is 10.8. The van der Waals surface area contributed by atoms with Gasteiger partial charge in [-0.25, -0.2) is 9.37 Å². The quantitative estimate of drug-likeness (QED) is 0.340. The molecule has 0 saturated heterocycles. The van der Waals surface area contributed by atoms with Crippen LogP contribution in [0.3, 0.4) is 0 Å². The van der Waals surface area contributed by atoms with Crippen molar-refractivity contribution in [2.45, 2.75) is 4.34 Å². The van der Waals surface area contributed by atoms with Crippen LogP contribution in [0.15, 0.2) is 52.9 Å². The van der Waals surface area contributed by atoms with Gasteiger partial charge in [0.15, 0.2) is 9.35 Å². The third kappa shape index (κ3) is 4.94. The van der Waals surface area contributed by atoms with E-state index in [0.29, 0.717) is 20.2 Å². The summed E-state index contributed by atoms with van der Waals surface area (Å²) in [6.45, 7) is 0. The lowest BCUT2D eigenvalue weighted by Gasteiger charge is -2.03. The maximum Gasteiger partial charge on any atom is 0.286 e. The van der Waals surface area contributed by atoms with E-state index in [0.717, 1.165) is 21.6 Å². The van der Waals surface area contributed by atoms with Crippen LogP contribution in [0, 0.1) is 5.82 Å². The molecule has 0 aliphatic carbocycles. The van der Waals surface area contributed by atoms with Gasteiger partial charge in [-0.3, -0.25) is 14.9 Å². The fraction of sp³-hybridized carbons (Fsp3) is 0.0556. The van der Waals surface area contributed by atoms with E-state index in [1.165, 1.54) is 41.3 Å². The molecule has 4 aromatic rings. The number of hydrogen-bond donors (Lipinski definition) is 2. The molecule has 0 spiro atoms. The van der Waals surface area contributed by atoms with Gasteiger partial charge in [-0.15, -0.1) is 21.5 Å². The summed E-state index contributed by atoms with van der Waals surface area (Å²) in [7, 11) is 0. The molecular weight excluding hydrogens is 433 g/mol. The Labute approximate surface area is 176 Å². The number of thiazole rings is 1. The molecule has 0 unspecified atom stereocenters. The van der Waals surface area contributed by atoms with Crippen LogP contribution in [0.25, 0.3) is 10.2 Å². The van der Waals surface area contributed by atoms with Crippen LogP contribution in [0.5, 0.6) is 0 Å². The lowest BCUT2D eigenvalue weighted by atomic mass is 10.3. The van der Waals surface area contributed by atoms with E-state index in [-0.39, 0.29) is 17.6 Å². The summed E-state index contributed by atoms with van der Waals surface area (Å²) >= 11 is 3.63. The molecule has 0 aliphatic rings. The number of fused-ring (bicyclic) bond motifs is 1. The van der Waals surface area contributed by atoms with Crippen molar-refractivity contribution in [1.82, 2.24) is 15.2 Å². The highest BCUT2D eigenvalue weighted by Crippen LogP contribution is 2.27. The fourth-order valence-electron chi connectivity index (χ4n) is 2.33. The lowest BCUT2D eigenvalue weighted by molar-refractivity contribution is -0.113. The zero-order valence-corrected chi connectivity index (χ0v) is 17.0. The van der Waals surface area contributed by atoms with E-state index in [9.17, 15) is 14.0 Å². The first-order chi connectivity index (χ1) is 14.1. The zero-order chi connectivity index (χ0) is 20.2. The minimum absolute atomic E-state index is 0.0803. The molecule has 4 rings (SSSR count). The molecule has 0 fully saturated rings. The molecule has 11 heteroatoms. The van der Waals surface area contributed by atoms with Gasteiger partial charge in [0, 0.05) is 5.69 Å². The van der Waals surface area contributed by atoms with E-state index in [4.69, 9.17) is 0 Å². The van der Waals surface area contributed by atoms with Crippen molar-refractivity contribution < 1.29 is 14.0 Å². The number of benzene rings is 2.